The number of unbranched alkanes of at least 4 members (excludes halogenated alkanes) is 12. The van der Waals surface area contributed by atoms with E-state index in [1.165, 1.54) is 95.5 Å². The number of hydrogen-bond acceptors (Lipinski definition) is 2. The summed E-state index contributed by atoms with van der Waals surface area (Å²) in [6.07, 6.45) is 19.9. The molecule has 1 aromatic carbocycles. The summed E-state index contributed by atoms with van der Waals surface area (Å²) < 4.78 is 11.0. The van der Waals surface area contributed by atoms with Crippen LogP contribution in [0.5, 0.6) is 5.75 Å². The molecule has 1 saturated heterocycles. The molecule has 1 aliphatic heterocycles. The molecular weight excluding hydrogens is 320 g/mol. The van der Waals surface area contributed by atoms with Crippen molar-refractivity contribution in [3.63, 3.8) is 0 Å². The van der Waals surface area contributed by atoms with Crippen molar-refractivity contribution in [1.82, 2.24) is 0 Å². The van der Waals surface area contributed by atoms with Crippen molar-refractivity contribution < 1.29 is 9.47 Å². The maximum Gasteiger partial charge on any atom is 0.119 e. The number of ether oxygens (including phenoxy) is 2. The zero-order chi connectivity index (χ0) is 18.3. The van der Waals surface area contributed by atoms with Crippen LogP contribution in [-0.4, -0.2) is 19.3 Å². The van der Waals surface area contributed by atoms with Crippen LogP contribution in [0, 0.1) is 0 Å². The van der Waals surface area contributed by atoms with Gasteiger partial charge in [-0.15, -0.1) is 0 Å². The van der Waals surface area contributed by atoms with E-state index >= 15 is 0 Å². The third-order valence-corrected chi connectivity index (χ3v) is 5.31. The smallest absolute Gasteiger partial charge is 0.119 e. The Morgan fingerprint density at radius 3 is 2.00 bits per heavy atom. The minimum Gasteiger partial charge on any atom is -0.491 e. The first-order valence-electron chi connectivity index (χ1n) is 11.2. The Kier molecular flexibility index (Phi) is 11.5. The van der Waals surface area contributed by atoms with Gasteiger partial charge in [0, 0.05) is 0 Å². The highest BCUT2D eigenvalue weighted by molar-refractivity contribution is 5.28. The summed E-state index contributed by atoms with van der Waals surface area (Å²) in [6, 6.07) is 8.58. The van der Waals surface area contributed by atoms with Gasteiger partial charge in [-0.25, -0.2) is 0 Å². The van der Waals surface area contributed by atoms with E-state index < -0.39 is 0 Å². The van der Waals surface area contributed by atoms with Crippen LogP contribution in [0.4, 0.5) is 0 Å². The van der Waals surface area contributed by atoms with Gasteiger partial charge >= 0.3 is 0 Å². The number of epoxide rings is 1. The van der Waals surface area contributed by atoms with E-state index in [-0.39, 0.29) is 0 Å². The Hall–Kier alpha value is -1.02. The molecule has 0 amide bonds. The summed E-state index contributed by atoms with van der Waals surface area (Å²) in [4.78, 5) is 0. The third kappa shape index (κ3) is 10.9. The van der Waals surface area contributed by atoms with Crippen molar-refractivity contribution >= 4 is 0 Å². The van der Waals surface area contributed by atoms with Gasteiger partial charge in [0.1, 0.15) is 18.5 Å². The summed E-state index contributed by atoms with van der Waals surface area (Å²) in [5.41, 5.74) is 1.40. The lowest BCUT2D eigenvalue weighted by atomic mass is 10.0. The quantitative estimate of drug-likeness (QED) is 0.218. The Morgan fingerprint density at radius 1 is 0.846 bits per heavy atom. The zero-order valence-electron chi connectivity index (χ0n) is 17.0. The molecule has 1 aromatic rings. The largest absolute Gasteiger partial charge is 0.491 e. The molecule has 2 heteroatoms. The van der Waals surface area contributed by atoms with E-state index in [0.717, 1.165) is 12.4 Å². The molecule has 1 unspecified atom stereocenters. The van der Waals surface area contributed by atoms with Gasteiger partial charge in [0.05, 0.1) is 6.61 Å². The number of aryl methyl sites for hydroxylation is 1. The van der Waals surface area contributed by atoms with Crippen LogP contribution in [0.25, 0.3) is 0 Å². The van der Waals surface area contributed by atoms with Gasteiger partial charge in [-0.2, -0.15) is 0 Å². The number of benzene rings is 1. The van der Waals surface area contributed by atoms with E-state index in [1.54, 1.807) is 0 Å². The molecule has 1 atom stereocenters. The minimum atomic E-state index is 0.333. The number of hydrogen-bond donors (Lipinski definition) is 0. The maximum absolute atomic E-state index is 5.76. The second kappa shape index (κ2) is 14.1. The molecule has 26 heavy (non-hydrogen) atoms. The Bertz CT molecular complexity index is 453. The number of rotatable bonds is 17. The molecule has 1 fully saturated rings. The third-order valence-electron chi connectivity index (χ3n) is 5.31. The molecule has 2 rings (SSSR count). The average Bonchev–Trinajstić information content (AvgIpc) is 3.49. The van der Waals surface area contributed by atoms with Crippen LogP contribution in [-0.2, 0) is 11.2 Å². The molecule has 0 radical (unpaired) electrons. The molecule has 0 aliphatic carbocycles. The van der Waals surface area contributed by atoms with Gasteiger partial charge in [-0.3, -0.25) is 0 Å². The molecule has 0 N–H and O–H groups in total. The summed E-state index contributed by atoms with van der Waals surface area (Å²) in [7, 11) is 0. The fourth-order valence-corrected chi connectivity index (χ4v) is 3.49. The maximum atomic E-state index is 5.76. The van der Waals surface area contributed by atoms with Crippen LogP contribution < -0.4 is 4.74 Å². The fourth-order valence-electron chi connectivity index (χ4n) is 3.49. The standard InChI is InChI=1S/C24H40O2/c1-2-3-4-5-6-7-8-9-10-11-12-13-14-16-22-17-15-18-23(19-22)25-20-24-21-26-24/h15,17-19,24H,2-14,16,20-21H2,1H3. The van der Waals surface area contributed by atoms with E-state index in [9.17, 15) is 0 Å². The average molecular weight is 361 g/mol. The lowest BCUT2D eigenvalue weighted by Gasteiger charge is -2.07. The lowest BCUT2D eigenvalue weighted by molar-refractivity contribution is 0.263. The monoisotopic (exact) mass is 360 g/mol. The van der Waals surface area contributed by atoms with Crippen molar-refractivity contribution in [1.29, 1.82) is 0 Å². The first-order chi connectivity index (χ1) is 12.9. The van der Waals surface area contributed by atoms with E-state index in [0.29, 0.717) is 12.7 Å². The summed E-state index contributed by atoms with van der Waals surface area (Å²) >= 11 is 0. The Labute approximate surface area is 161 Å². The Balaban J connectivity index is 1.38. The van der Waals surface area contributed by atoms with Gasteiger partial charge in [-0.1, -0.05) is 96.1 Å². The van der Waals surface area contributed by atoms with Crippen LogP contribution >= 0.6 is 0 Å². The Morgan fingerprint density at radius 2 is 1.42 bits per heavy atom. The molecule has 0 saturated carbocycles. The van der Waals surface area contributed by atoms with Gasteiger partial charge in [0.25, 0.3) is 0 Å². The SMILES string of the molecule is CCCCCCCCCCCCCCCc1cccc(OCC2CO2)c1. The van der Waals surface area contributed by atoms with Crippen LogP contribution in [0.15, 0.2) is 24.3 Å². The van der Waals surface area contributed by atoms with Crippen molar-refractivity contribution in [2.24, 2.45) is 0 Å². The second-order valence-electron chi connectivity index (χ2n) is 7.91. The van der Waals surface area contributed by atoms with Crippen molar-refractivity contribution in [2.75, 3.05) is 13.2 Å². The highest BCUT2D eigenvalue weighted by atomic mass is 16.6. The van der Waals surface area contributed by atoms with Gasteiger partial charge < -0.3 is 9.47 Å². The van der Waals surface area contributed by atoms with E-state index in [1.807, 2.05) is 0 Å². The molecule has 148 valence electrons. The molecular formula is C24H40O2. The predicted molar refractivity (Wildman–Crippen MR) is 111 cm³/mol. The van der Waals surface area contributed by atoms with Gasteiger partial charge in [0.2, 0.25) is 0 Å². The zero-order valence-corrected chi connectivity index (χ0v) is 17.0. The molecule has 0 bridgehead atoms. The lowest BCUT2D eigenvalue weighted by Crippen LogP contribution is -2.04. The molecule has 0 spiro atoms. The van der Waals surface area contributed by atoms with E-state index in [4.69, 9.17) is 9.47 Å². The minimum absolute atomic E-state index is 0.333. The normalized spacial score (nSPS) is 16.0. The molecule has 1 aliphatic rings. The first-order valence-corrected chi connectivity index (χ1v) is 11.2. The highest BCUT2D eigenvalue weighted by Crippen LogP contribution is 2.18. The molecule has 0 aromatic heterocycles. The summed E-state index contributed by atoms with van der Waals surface area (Å²) in [6.45, 7) is 3.85. The van der Waals surface area contributed by atoms with Crippen LogP contribution in [0.3, 0.4) is 0 Å². The summed E-state index contributed by atoms with van der Waals surface area (Å²) in [5, 5.41) is 0. The van der Waals surface area contributed by atoms with Crippen LogP contribution in [0.1, 0.15) is 96.0 Å². The topological polar surface area (TPSA) is 21.8 Å². The van der Waals surface area contributed by atoms with Crippen molar-refractivity contribution in [3.8, 4) is 5.75 Å². The van der Waals surface area contributed by atoms with Crippen molar-refractivity contribution in [2.45, 2.75) is 103 Å². The first kappa shape index (κ1) is 21.3. The highest BCUT2D eigenvalue weighted by Gasteiger charge is 2.22. The van der Waals surface area contributed by atoms with Crippen LogP contribution in [0.2, 0.25) is 0 Å². The van der Waals surface area contributed by atoms with E-state index in [2.05, 4.69) is 31.2 Å². The predicted octanol–water partition coefficient (Wildman–Crippen LogP) is 7.10. The van der Waals surface area contributed by atoms with Gasteiger partial charge in [0.15, 0.2) is 0 Å². The summed E-state index contributed by atoms with van der Waals surface area (Å²) in [5.74, 6) is 0.993. The molecule has 2 nitrogen and oxygen atoms in total. The van der Waals surface area contributed by atoms with Gasteiger partial charge in [-0.05, 0) is 30.5 Å². The molecule has 1 heterocycles. The second-order valence-corrected chi connectivity index (χ2v) is 7.91. The fraction of sp³-hybridized carbons (Fsp3) is 0.750. The van der Waals surface area contributed by atoms with Crippen molar-refractivity contribution in [3.05, 3.63) is 29.8 Å².